The van der Waals surface area contributed by atoms with Crippen molar-refractivity contribution in [1.29, 1.82) is 5.41 Å². The smallest absolute Gasteiger partial charge is 0.209 e. The number of likely N-dealkylation sites (tertiary alicyclic amines) is 1. The fraction of sp³-hybridized carbons (Fsp3) is 0.478. The van der Waals surface area contributed by atoms with Gasteiger partial charge < -0.3 is 5.41 Å². The molecule has 168 valence electrons. The average Bonchev–Trinajstić information content (AvgIpc) is 3.40. The third-order valence-electron chi connectivity index (χ3n) is 6.06. The van der Waals surface area contributed by atoms with E-state index in [1.807, 2.05) is 6.92 Å². The van der Waals surface area contributed by atoms with E-state index < -0.39 is 21.4 Å². The predicted octanol–water partition coefficient (Wildman–Crippen LogP) is 5.06. The molecule has 3 rings (SSSR count). The molecule has 1 fully saturated rings. The first-order chi connectivity index (χ1) is 14.7. The van der Waals surface area contributed by atoms with Crippen molar-refractivity contribution < 1.29 is 17.6 Å². The Morgan fingerprint density at radius 2 is 2.03 bits per heavy atom. The van der Waals surface area contributed by atoms with Crippen molar-refractivity contribution >= 4 is 32.7 Å². The van der Waals surface area contributed by atoms with Crippen molar-refractivity contribution in [2.24, 2.45) is 5.92 Å². The molecule has 0 spiro atoms. The summed E-state index contributed by atoms with van der Waals surface area (Å²) in [5.41, 5.74) is 0.349. The lowest BCUT2D eigenvalue weighted by atomic mass is 9.92. The Morgan fingerprint density at radius 3 is 2.61 bits per heavy atom. The molecule has 0 bridgehead atoms. The van der Waals surface area contributed by atoms with E-state index in [0.29, 0.717) is 29.4 Å². The first-order valence-electron chi connectivity index (χ1n) is 10.7. The molecule has 1 aliphatic rings. The van der Waals surface area contributed by atoms with E-state index in [4.69, 9.17) is 5.41 Å². The monoisotopic (exact) mass is 464 g/mol. The Bertz CT molecular complexity index is 1080. The van der Waals surface area contributed by atoms with Gasteiger partial charge >= 0.3 is 0 Å². The second-order valence-electron chi connectivity index (χ2n) is 8.05. The SMILES string of the molecule is CC[C@@H](CN1CCC[C@H]1C)C(=N)C(=O)c1ccc(-c2ccc(S(=O)(=O)CC)s2)cc1F. The van der Waals surface area contributed by atoms with Gasteiger partial charge in [-0.15, -0.1) is 11.3 Å². The fourth-order valence-corrected chi connectivity index (χ4v) is 6.36. The minimum atomic E-state index is -3.32. The van der Waals surface area contributed by atoms with Crippen molar-refractivity contribution in [1.82, 2.24) is 4.90 Å². The van der Waals surface area contributed by atoms with Gasteiger partial charge in [0.05, 0.1) is 17.0 Å². The largest absolute Gasteiger partial charge is 0.301 e. The van der Waals surface area contributed by atoms with Gasteiger partial charge in [0.15, 0.2) is 9.84 Å². The number of rotatable bonds is 9. The minimum Gasteiger partial charge on any atom is -0.301 e. The van der Waals surface area contributed by atoms with Crippen molar-refractivity contribution in [2.45, 2.75) is 50.3 Å². The van der Waals surface area contributed by atoms with Crippen LogP contribution in [0.25, 0.3) is 10.4 Å². The molecule has 0 amide bonds. The Kier molecular flexibility index (Phi) is 7.44. The number of hydrogen-bond donors (Lipinski definition) is 1. The number of hydrogen-bond acceptors (Lipinski definition) is 6. The van der Waals surface area contributed by atoms with Crippen LogP contribution < -0.4 is 0 Å². The van der Waals surface area contributed by atoms with Gasteiger partial charge in [-0.3, -0.25) is 9.69 Å². The third kappa shape index (κ3) is 5.13. The molecule has 2 atom stereocenters. The highest BCUT2D eigenvalue weighted by molar-refractivity contribution is 7.93. The number of ketones is 1. The van der Waals surface area contributed by atoms with E-state index in [2.05, 4.69) is 11.8 Å². The number of benzene rings is 1. The van der Waals surface area contributed by atoms with Crippen LogP contribution in [-0.4, -0.2) is 49.7 Å². The zero-order chi connectivity index (χ0) is 22.8. The average molecular weight is 465 g/mol. The van der Waals surface area contributed by atoms with Gasteiger partial charge in [-0.1, -0.05) is 19.9 Å². The molecule has 2 heterocycles. The van der Waals surface area contributed by atoms with Gasteiger partial charge in [-0.25, -0.2) is 12.8 Å². The second kappa shape index (κ2) is 9.71. The van der Waals surface area contributed by atoms with Crippen LogP contribution in [0.2, 0.25) is 0 Å². The molecule has 0 radical (unpaired) electrons. The normalized spacial score (nSPS) is 18.3. The Morgan fingerprint density at radius 1 is 1.29 bits per heavy atom. The summed E-state index contributed by atoms with van der Waals surface area (Å²) < 4.78 is 39.2. The van der Waals surface area contributed by atoms with Crippen molar-refractivity contribution in [2.75, 3.05) is 18.8 Å². The molecule has 8 heteroatoms. The Balaban J connectivity index is 1.78. The molecule has 0 unspecified atom stereocenters. The lowest BCUT2D eigenvalue weighted by molar-refractivity contribution is 0.105. The van der Waals surface area contributed by atoms with Crippen molar-refractivity contribution in [3.8, 4) is 10.4 Å². The number of halogens is 1. The van der Waals surface area contributed by atoms with Crippen molar-refractivity contribution in [3.05, 3.63) is 41.7 Å². The van der Waals surface area contributed by atoms with E-state index in [-0.39, 0.29) is 27.2 Å². The Hall–Kier alpha value is -1.90. The molecule has 0 aliphatic carbocycles. The first-order valence-corrected chi connectivity index (χ1v) is 13.1. The van der Waals surface area contributed by atoms with Gasteiger partial charge in [-0.2, -0.15) is 0 Å². The maximum absolute atomic E-state index is 14.8. The second-order valence-corrected chi connectivity index (χ2v) is 11.6. The summed E-state index contributed by atoms with van der Waals surface area (Å²) in [4.78, 5) is 15.8. The van der Waals surface area contributed by atoms with Crippen LogP contribution in [0, 0.1) is 17.1 Å². The van der Waals surface area contributed by atoms with Crippen molar-refractivity contribution in [3.63, 3.8) is 0 Å². The summed E-state index contributed by atoms with van der Waals surface area (Å²) in [7, 11) is -3.32. The highest BCUT2D eigenvalue weighted by Crippen LogP contribution is 2.32. The molecular formula is C23H29FN2O3S2. The number of nitrogens with zero attached hydrogens (tertiary/aromatic N) is 1. The van der Waals surface area contributed by atoms with Gasteiger partial charge in [0, 0.05) is 23.4 Å². The maximum atomic E-state index is 14.8. The summed E-state index contributed by atoms with van der Waals surface area (Å²) in [5, 5.41) is 8.42. The summed E-state index contributed by atoms with van der Waals surface area (Å²) in [5.74, 6) is -1.49. The maximum Gasteiger partial charge on any atom is 0.209 e. The van der Waals surface area contributed by atoms with Gasteiger partial charge in [-0.05, 0) is 62.6 Å². The molecule has 2 aromatic rings. The number of carbonyl (C=O) groups is 1. The van der Waals surface area contributed by atoms with Gasteiger partial charge in [0.1, 0.15) is 10.0 Å². The van der Waals surface area contributed by atoms with Gasteiger partial charge in [0.2, 0.25) is 5.78 Å². The molecule has 5 nitrogen and oxygen atoms in total. The molecule has 1 saturated heterocycles. The molecule has 1 N–H and O–H groups in total. The third-order valence-corrected chi connectivity index (χ3v) is 9.51. The van der Waals surface area contributed by atoms with Crippen LogP contribution in [0.3, 0.4) is 0 Å². The first kappa shape index (κ1) is 23.8. The number of thiophene rings is 1. The molecular weight excluding hydrogens is 435 g/mol. The number of nitrogens with one attached hydrogen (secondary N) is 1. The quantitative estimate of drug-likeness (QED) is 0.416. The lowest BCUT2D eigenvalue weighted by Gasteiger charge is -2.26. The minimum absolute atomic E-state index is 0.00562. The number of Topliss-reactive ketones (excluding diaryl/α,β-unsaturated/α-hetero) is 1. The zero-order valence-corrected chi connectivity index (χ0v) is 19.8. The van der Waals surface area contributed by atoms with E-state index in [1.54, 1.807) is 19.1 Å². The predicted molar refractivity (Wildman–Crippen MR) is 124 cm³/mol. The van der Waals surface area contributed by atoms with Gasteiger partial charge in [0.25, 0.3) is 0 Å². The number of sulfone groups is 1. The molecule has 1 aliphatic heterocycles. The summed E-state index contributed by atoms with van der Waals surface area (Å²) in [6.45, 7) is 7.30. The van der Waals surface area contributed by atoms with Crippen LogP contribution >= 0.6 is 11.3 Å². The highest BCUT2D eigenvalue weighted by Gasteiger charge is 2.28. The fourth-order valence-electron chi connectivity index (χ4n) is 3.94. The summed E-state index contributed by atoms with van der Waals surface area (Å²) in [6, 6.07) is 7.88. The summed E-state index contributed by atoms with van der Waals surface area (Å²) >= 11 is 1.09. The number of carbonyl (C=O) groups excluding carboxylic acids is 1. The molecule has 31 heavy (non-hydrogen) atoms. The van der Waals surface area contributed by atoms with Crippen LogP contribution in [0.15, 0.2) is 34.5 Å². The van der Waals surface area contributed by atoms with Crippen LogP contribution in [0.4, 0.5) is 4.39 Å². The van der Waals surface area contributed by atoms with E-state index in [1.165, 1.54) is 18.2 Å². The van der Waals surface area contributed by atoms with Crippen LogP contribution in [0.1, 0.15) is 50.4 Å². The Labute approximate surface area is 187 Å². The lowest BCUT2D eigenvalue weighted by Crippen LogP contribution is -2.37. The molecule has 1 aromatic heterocycles. The van der Waals surface area contributed by atoms with E-state index in [0.717, 1.165) is 30.7 Å². The summed E-state index contributed by atoms with van der Waals surface area (Å²) in [6.07, 6.45) is 2.90. The van der Waals surface area contributed by atoms with E-state index >= 15 is 0 Å². The zero-order valence-electron chi connectivity index (χ0n) is 18.2. The molecule has 0 saturated carbocycles. The topological polar surface area (TPSA) is 78.3 Å². The highest BCUT2D eigenvalue weighted by atomic mass is 32.2. The van der Waals surface area contributed by atoms with Crippen LogP contribution in [-0.2, 0) is 9.84 Å². The molecule has 1 aromatic carbocycles. The van der Waals surface area contributed by atoms with E-state index in [9.17, 15) is 17.6 Å². The standard InChI is InChI=1S/C23H29FN2O3S2/c1-4-16(14-26-12-6-7-15(26)3)22(25)23(27)18-9-8-17(13-19(18)24)20-10-11-21(30-20)31(28,29)5-2/h8-11,13,15-16,25H,4-7,12,14H2,1-3H3/t15-,16+/m1/s1. The van der Waals surface area contributed by atoms with Crippen LogP contribution in [0.5, 0.6) is 0 Å².